The van der Waals surface area contributed by atoms with Gasteiger partial charge in [0.25, 0.3) is 5.91 Å². The summed E-state index contributed by atoms with van der Waals surface area (Å²) in [6, 6.07) is 10.9. The normalized spacial score (nSPS) is 12.0. The summed E-state index contributed by atoms with van der Waals surface area (Å²) in [6.45, 7) is 6.00. The second-order valence-electron chi connectivity index (χ2n) is 9.44. The summed E-state index contributed by atoms with van der Waals surface area (Å²) < 4.78 is 48.1. The van der Waals surface area contributed by atoms with Crippen LogP contribution in [0, 0.1) is 17.5 Å². The van der Waals surface area contributed by atoms with E-state index in [4.69, 9.17) is 27.9 Å². The maximum absolute atomic E-state index is 14.4. The van der Waals surface area contributed by atoms with Gasteiger partial charge in [0.05, 0.1) is 15.6 Å². The van der Waals surface area contributed by atoms with E-state index in [0.717, 1.165) is 43.4 Å². The standard InChI is InChI=1S/C31H28Cl2F3N3O3/c1-3-39(4-2)13-14-42-31(41)26(38-30(40)28-24(35)8-5-9-25(28)36)15-18-10-11-20(21-7-6-12-37-29(18)21)27-22(32)16-19(34)17-23(27)33/h5-12,16-17,26H,3-4,13-15H2,1-2H3,(H,38,40)/t26-/m0/s1. The van der Waals surface area contributed by atoms with Crippen LogP contribution in [-0.2, 0) is 16.0 Å². The second kappa shape index (κ2) is 14.0. The Morgan fingerprint density at radius 3 is 2.29 bits per heavy atom. The van der Waals surface area contributed by atoms with E-state index >= 15 is 0 Å². The van der Waals surface area contributed by atoms with Gasteiger partial charge in [0, 0.05) is 30.1 Å². The maximum Gasteiger partial charge on any atom is 0.329 e. The number of pyridine rings is 1. The molecule has 0 aliphatic rings. The number of rotatable bonds is 11. The Hall–Kier alpha value is -3.66. The number of carbonyl (C=O) groups is 2. The predicted octanol–water partition coefficient (Wildman–Crippen LogP) is 6.85. The second-order valence-corrected chi connectivity index (χ2v) is 10.3. The van der Waals surface area contributed by atoms with Crippen LogP contribution < -0.4 is 5.32 Å². The molecule has 0 bridgehead atoms. The average Bonchev–Trinajstić information content (AvgIpc) is 2.95. The van der Waals surface area contributed by atoms with E-state index in [2.05, 4.69) is 15.2 Å². The first-order chi connectivity index (χ1) is 20.1. The first kappa shape index (κ1) is 31.3. The number of esters is 1. The van der Waals surface area contributed by atoms with Crippen LogP contribution in [0.25, 0.3) is 22.0 Å². The number of hydrogen-bond donors (Lipinski definition) is 1. The summed E-state index contributed by atoms with van der Waals surface area (Å²) in [5.74, 6) is -4.59. The number of ether oxygens (including phenoxy) is 1. The highest BCUT2D eigenvalue weighted by Crippen LogP contribution is 2.39. The van der Waals surface area contributed by atoms with E-state index in [9.17, 15) is 22.8 Å². The molecule has 6 nitrogen and oxygen atoms in total. The van der Waals surface area contributed by atoms with E-state index in [1.54, 1.807) is 30.5 Å². The van der Waals surface area contributed by atoms with Crippen molar-refractivity contribution in [1.82, 2.24) is 15.2 Å². The molecule has 220 valence electrons. The van der Waals surface area contributed by atoms with Crippen molar-refractivity contribution in [1.29, 1.82) is 0 Å². The highest BCUT2D eigenvalue weighted by Gasteiger charge is 2.28. The van der Waals surface area contributed by atoms with Gasteiger partial charge in [-0.3, -0.25) is 9.78 Å². The summed E-state index contributed by atoms with van der Waals surface area (Å²) in [5, 5.41) is 3.26. The molecule has 1 heterocycles. The Labute approximate surface area is 251 Å². The monoisotopic (exact) mass is 617 g/mol. The Morgan fingerprint density at radius 2 is 1.64 bits per heavy atom. The number of benzene rings is 3. The highest BCUT2D eigenvalue weighted by atomic mass is 35.5. The molecule has 0 saturated carbocycles. The van der Waals surface area contributed by atoms with Crippen LogP contribution in [-0.4, -0.2) is 54.0 Å². The lowest BCUT2D eigenvalue weighted by molar-refractivity contribution is -0.146. The molecule has 4 aromatic rings. The van der Waals surface area contributed by atoms with Gasteiger partial charge in [-0.1, -0.05) is 61.3 Å². The smallest absolute Gasteiger partial charge is 0.329 e. The number of carbonyl (C=O) groups excluding carboxylic acids is 2. The van der Waals surface area contributed by atoms with Crippen LogP contribution in [0.2, 0.25) is 10.0 Å². The first-order valence-electron chi connectivity index (χ1n) is 13.3. The van der Waals surface area contributed by atoms with Crippen LogP contribution in [0.4, 0.5) is 13.2 Å². The molecule has 11 heteroatoms. The van der Waals surface area contributed by atoms with Gasteiger partial charge in [0.1, 0.15) is 35.7 Å². The van der Waals surface area contributed by atoms with Gasteiger partial charge in [-0.25, -0.2) is 18.0 Å². The lowest BCUT2D eigenvalue weighted by atomic mass is 9.95. The number of fused-ring (bicyclic) bond motifs is 1. The molecule has 0 aliphatic heterocycles. The molecule has 0 saturated heterocycles. The zero-order valence-electron chi connectivity index (χ0n) is 22.9. The maximum atomic E-state index is 14.4. The summed E-state index contributed by atoms with van der Waals surface area (Å²) in [7, 11) is 0. The van der Waals surface area contributed by atoms with Gasteiger partial charge < -0.3 is 15.0 Å². The van der Waals surface area contributed by atoms with Crippen LogP contribution in [0.1, 0.15) is 29.8 Å². The van der Waals surface area contributed by atoms with E-state index < -0.39 is 40.9 Å². The van der Waals surface area contributed by atoms with E-state index in [1.165, 1.54) is 0 Å². The summed E-state index contributed by atoms with van der Waals surface area (Å²) >= 11 is 12.7. The number of aromatic nitrogens is 1. The van der Waals surface area contributed by atoms with E-state index in [0.29, 0.717) is 34.1 Å². The Kier molecular flexibility index (Phi) is 10.4. The van der Waals surface area contributed by atoms with Crippen molar-refractivity contribution >= 4 is 46.0 Å². The SMILES string of the molecule is CCN(CC)CCOC(=O)[C@H](Cc1ccc(-c2c(Cl)cc(F)cc2Cl)c2cccnc12)NC(=O)c1c(F)cccc1F. The number of nitrogens with one attached hydrogen (secondary N) is 1. The first-order valence-corrected chi connectivity index (χ1v) is 14.1. The van der Waals surface area contributed by atoms with Crippen LogP contribution in [0.3, 0.4) is 0 Å². The van der Waals surface area contributed by atoms with Gasteiger partial charge in [-0.05, 0) is 54.5 Å². The van der Waals surface area contributed by atoms with E-state index in [-0.39, 0.29) is 23.1 Å². The molecule has 0 unspecified atom stereocenters. The largest absolute Gasteiger partial charge is 0.463 e. The summed E-state index contributed by atoms with van der Waals surface area (Å²) in [4.78, 5) is 32.8. The Balaban J connectivity index is 1.70. The van der Waals surface area contributed by atoms with Gasteiger partial charge in [-0.2, -0.15) is 0 Å². The van der Waals surface area contributed by atoms with Crippen molar-refractivity contribution in [2.75, 3.05) is 26.2 Å². The van der Waals surface area contributed by atoms with Crippen molar-refractivity contribution in [3.8, 4) is 11.1 Å². The zero-order chi connectivity index (χ0) is 30.4. The molecule has 0 fully saturated rings. The molecule has 1 amide bonds. The van der Waals surface area contributed by atoms with Crippen molar-refractivity contribution < 1.29 is 27.5 Å². The zero-order valence-corrected chi connectivity index (χ0v) is 24.4. The van der Waals surface area contributed by atoms with E-state index in [1.807, 2.05) is 13.8 Å². The average molecular weight is 618 g/mol. The summed E-state index contributed by atoms with van der Waals surface area (Å²) in [5.41, 5.74) is 1.16. The van der Waals surface area contributed by atoms with Crippen LogP contribution in [0.5, 0.6) is 0 Å². The van der Waals surface area contributed by atoms with Gasteiger partial charge in [0.15, 0.2) is 0 Å². The van der Waals surface area contributed by atoms with Crippen molar-refractivity contribution in [2.24, 2.45) is 0 Å². The number of likely N-dealkylation sites (N-methyl/N-ethyl adjacent to an activating group) is 1. The van der Waals surface area contributed by atoms with Gasteiger partial charge >= 0.3 is 5.97 Å². The predicted molar refractivity (Wildman–Crippen MR) is 157 cm³/mol. The molecule has 1 aromatic heterocycles. The molecular formula is C31H28Cl2F3N3O3. The minimum absolute atomic E-state index is 0.0560. The van der Waals surface area contributed by atoms with Crippen molar-refractivity contribution in [2.45, 2.75) is 26.3 Å². The molecule has 1 N–H and O–H groups in total. The third-order valence-electron chi connectivity index (χ3n) is 6.88. The summed E-state index contributed by atoms with van der Waals surface area (Å²) in [6.07, 6.45) is 1.44. The molecule has 3 aromatic carbocycles. The van der Waals surface area contributed by atoms with Crippen molar-refractivity contribution in [3.63, 3.8) is 0 Å². The Bertz CT molecular complexity index is 1570. The molecule has 42 heavy (non-hydrogen) atoms. The molecule has 4 rings (SSSR count). The quantitative estimate of drug-likeness (QED) is 0.186. The number of nitrogens with zero attached hydrogens (tertiary/aromatic N) is 2. The van der Waals surface area contributed by atoms with Crippen LogP contribution >= 0.6 is 23.2 Å². The number of hydrogen-bond acceptors (Lipinski definition) is 5. The molecule has 0 radical (unpaired) electrons. The van der Waals surface area contributed by atoms with Gasteiger partial charge in [-0.15, -0.1) is 0 Å². The third kappa shape index (κ3) is 7.03. The highest BCUT2D eigenvalue weighted by molar-refractivity contribution is 6.39. The van der Waals surface area contributed by atoms with Crippen molar-refractivity contribution in [3.05, 3.63) is 99.4 Å². The van der Waals surface area contributed by atoms with Crippen LogP contribution in [0.15, 0.2) is 60.8 Å². The molecule has 0 aliphatic carbocycles. The molecule has 1 atom stereocenters. The number of amides is 1. The minimum atomic E-state index is -1.30. The molecule has 0 spiro atoms. The fourth-order valence-electron chi connectivity index (χ4n) is 4.69. The Morgan fingerprint density at radius 1 is 0.976 bits per heavy atom. The fraction of sp³-hybridized carbons (Fsp3) is 0.258. The minimum Gasteiger partial charge on any atom is -0.463 e. The third-order valence-corrected chi connectivity index (χ3v) is 7.48. The fourth-order valence-corrected chi connectivity index (χ4v) is 5.35. The lowest BCUT2D eigenvalue weighted by Gasteiger charge is -2.21. The number of halogens is 5. The molecular weight excluding hydrogens is 590 g/mol. The van der Waals surface area contributed by atoms with Gasteiger partial charge in [0.2, 0.25) is 0 Å². The topological polar surface area (TPSA) is 71.5 Å². The lowest BCUT2D eigenvalue weighted by Crippen LogP contribution is -2.44.